The first-order valence-electron chi connectivity index (χ1n) is 9.74. The van der Waals surface area contributed by atoms with Gasteiger partial charge in [-0.05, 0) is 55.8 Å². The molecule has 1 amide bonds. The van der Waals surface area contributed by atoms with E-state index in [2.05, 4.69) is 26.1 Å². The van der Waals surface area contributed by atoms with Gasteiger partial charge in [0.2, 0.25) is 17.6 Å². The molecule has 7 nitrogen and oxygen atoms in total. The number of nitrogens with zero attached hydrogens (tertiary/aromatic N) is 3. The zero-order valence-corrected chi connectivity index (χ0v) is 17.8. The molecule has 3 rings (SSSR count). The normalized spacial score (nSPS) is 11.0. The second-order valence-corrected chi connectivity index (χ2v) is 7.68. The quantitative estimate of drug-likeness (QED) is 0.430. The van der Waals surface area contributed by atoms with Crippen molar-refractivity contribution in [3.8, 4) is 11.4 Å². The highest BCUT2D eigenvalue weighted by atomic mass is 79.9. The third kappa shape index (κ3) is 6.54. The summed E-state index contributed by atoms with van der Waals surface area (Å²) in [6.07, 6.45) is 5.32. The Balaban J connectivity index is 1.60. The van der Waals surface area contributed by atoms with Crippen molar-refractivity contribution in [2.45, 2.75) is 38.6 Å². The molecule has 0 bridgehead atoms. The largest absolute Gasteiger partial charge is 0.467 e. The van der Waals surface area contributed by atoms with Crippen molar-refractivity contribution in [2.75, 3.05) is 13.1 Å². The van der Waals surface area contributed by atoms with Crippen molar-refractivity contribution in [3.05, 3.63) is 58.8 Å². The molecular weight excluding hydrogens is 436 g/mol. The third-order valence-electron chi connectivity index (χ3n) is 4.54. The molecule has 29 heavy (non-hydrogen) atoms. The minimum Gasteiger partial charge on any atom is -0.467 e. The number of benzene rings is 1. The van der Waals surface area contributed by atoms with Crippen molar-refractivity contribution in [1.82, 2.24) is 15.0 Å². The second kappa shape index (κ2) is 10.9. The highest BCUT2D eigenvalue weighted by Gasteiger charge is 2.17. The maximum absolute atomic E-state index is 12.7. The van der Waals surface area contributed by atoms with Crippen molar-refractivity contribution >= 4 is 21.8 Å². The van der Waals surface area contributed by atoms with Gasteiger partial charge in [0.05, 0.1) is 12.8 Å². The number of carbonyl (C=O) groups is 1. The van der Waals surface area contributed by atoms with E-state index in [4.69, 9.17) is 14.7 Å². The van der Waals surface area contributed by atoms with Crippen LogP contribution in [-0.2, 0) is 17.8 Å². The number of carbonyl (C=O) groups excluding carboxylic acids is 1. The van der Waals surface area contributed by atoms with Gasteiger partial charge in [0.15, 0.2) is 0 Å². The van der Waals surface area contributed by atoms with E-state index in [0.29, 0.717) is 44.2 Å². The average Bonchev–Trinajstić information content (AvgIpc) is 3.41. The van der Waals surface area contributed by atoms with Crippen LogP contribution in [0.3, 0.4) is 0 Å². The van der Waals surface area contributed by atoms with E-state index in [1.54, 1.807) is 11.2 Å². The van der Waals surface area contributed by atoms with Crippen molar-refractivity contribution in [3.63, 3.8) is 0 Å². The van der Waals surface area contributed by atoms with Crippen LogP contribution in [-0.4, -0.2) is 34.0 Å². The lowest BCUT2D eigenvalue weighted by Gasteiger charge is -2.21. The average molecular weight is 461 g/mol. The summed E-state index contributed by atoms with van der Waals surface area (Å²) in [6.45, 7) is 1.57. The molecule has 0 saturated carbocycles. The van der Waals surface area contributed by atoms with Crippen LogP contribution < -0.4 is 5.73 Å². The fourth-order valence-corrected chi connectivity index (χ4v) is 3.21. The van der Waals surface area contributed by atoms with Crippen LogP contribution in [0.1, 0.15) is 37.3 Å². The number of hydrogen-bond acceptors (Lipinski definition) is 6. The molecule has 0 saturated heterocycles. The molecule has 0 spiro atoms. The molecule has 0 aliphatic carbocycles. The topological polar surface area (TPSA) is 98.4 Å². The van der Waals surface area contributed by atoms with E-state index in [9.17, 15) is 4.79 Å². The molecule has 3 aromatic rings. The van der Waals surface area contributed by atoms with Gasteiger partial charge in [-0.3, -0.25) is 4.79 Å². The van der Waals surface area contributed by atoms with E-state index in [1.165, 1.54) is 0 Å². The lowest BCUT2D eigenvalue weighted by atomic mass is 10.1. The summed E-state index contributed by atoms with van der Waals surface area (Å²) >= 11 is 3.41. The fourth-order valence-electron chi connectivity index (χ4n) is 2.94. The Kier molecular flexibility index (Phi) is 8.01. The summed E-state index contributed by atoms with van der Waals surface area (Å²) in [7, 11) is 0. The number of amides is 1. The molecular formula is C21H25BrN4O3. The smallest absolute Gasteiger partial charge is 0.228 e. The number of nitrogens with two attached hydrogens (primary N) is 1. The van der Waals surface area contributed by atoms with Gasteiger partial charge in [-0.25, -0.2) is 0 Å². The standard InChI is InChI=1S/C21H25BrN4O3/c22-17-9-7-16(8-10-17)21-24-19(29-25-21)11-13-26(15-18-5-4-14-28-18)20(27)6-2-1-3-12-23/h4-5,7-10,14H,1-3,6,11-13,15,23H2. The van der Waals surface area contributed by atoms with Crippen LogP contribution in [0.5, 0.6) is 0 Å². The van der Waals surface area contributed by atoms with Gasteiger partial charge >= 0.3 is 0 Å². The first kappa shape index (κ1) is 21.3. The van der Waals surface area contributed by atoms with Gasteiger partial charge < -0.3 is 19.6 Å². The van der Waals surface area contributed by atoms with Crippen LogP contribution >= 0.6 is 15.9 Å². The van der Waals surface area contributed by atoms with Crippen LogP contribution in [0.4, 0.5) is 0 Å². The first-order chi connectivity index (χ1) is 14.2. The minimum atomic E-state index is 0.0890. The molecule has 8 heteroatoms. The molecule has 1 aromatic carbocycles. The Morgan fingerprint density at radius 3 is 2.69 bits per heavy atom. The van der Waals surface area contributed by atoms with Gasteiger partial charge in [-0.2, -0.15) is 4.98 Å². The summed E-state index contributed by atoms with van der Waals surface area (Å²) in [5.41, 5.74) is 6.41. The summed E-state index contributed by atoms with van der Waals surface area (Å²) in [5.74, 6) is 1.88. The number of unbranched alkanes of at least 4 members (excludes halogenated alkanes) is 2. The maximum Gasteiger partial charge on any atom is 0.228 e. The summed E-state index contributed by atoms with van der Waals surface area (Å²) in [4.78, 5) is 18.9. The fraction of sp³-hybridized carbons (Fsp3) is 0.381. The van der Waals surface area contributed by atoms with E-state index in [0.717, 1.165) is 35.1 Å². The predicted octanol–water partition coefficient (Wildman–Crippen LogP) is 4.18. The Bertz CT molecular complexity index is 878. The molecule has 0 atom stereocenters. The van der Waals surface area contributed by atoms with Crippen LogP contribution in [0.2, 0.25) is 0 Å². The zero-order chi connectivity index (χ0) is 20.5. The predicted molar refractivity (Wildman–Crippen MR) is 113 cm³/mol. The van der Waals surface area contributed by atoms with E-state index < -0.39 is 0 Å². The summed E-state index contributed by atoms with van der Waals surface area (Å²) in [6, 6.07) is 11.4. The number of halogens is 1. The zero-order valence-electron chi connectivity index (χ0n) is 16.2. The number of hydrogen-bond donors (Lipinski definition) is 1. The van der Waals surface area contributed by atoms with Gasteiger partial charge in [0, 0.05) is 29.4 Å². The van der Waals surface area contributed by atoms with E-state index >= 15 is 0 Å². The summed E-state index contributed by atoms with van der Waals surface area (Å²) < 4.78 is 11.8. The molecule has 154 valence electrons. The SMILES string of the molecule is NCCCCCC(=O)N(CCc1nc(-c2ccc(Br)cc2)no1)Cc1ccco1. The monoisotopic (exact) mass is 460 g/mol. The Hall–Kier alpha value is -2.45. The van der Waals surface area contributed by atoms with Gasteiger partial charge in [0.1, 0.15) is 5.76 Å². The Morgan fingerprint density at radius 1 is 1.14 bits per heavy atom. The van der Waals surface area contributed by atoms with Crippen LogP contribution in [0, 0.1) is 0 Å². The molecule has 0 aliphatic heterocycles. The van der Waals surface area contributed by atoms with Crippen molar-refractivity contribution in [1.29, 1.82) is 0 Å². The van der Waals surface area contributed by atoms with E-state index in [1.807, 2.05) is 36.4 Å². The second-order valence-electron chi connectivity index (χ2n) is 6.76. The van der Waals surface area contributed by atoms with Crippen molar-refractivity contribution < 1.29 is 13.7 Å². The number of rotatable bonds is 11. The molecule has 2 N–H and O–H groups in total. The molecule has 2 aromatic heterocycles. The van der Waals surface area contributed by atoms with Gasteiger partial charge in [-0.1, -0.05) is 27.5 Å². The Morgan fingerprint density at radius 2 is 1.97 bits per heavy atom. The lowest BCUT2D eigenvalue weighted by Crippen LogP contribution is -2.32. The highest BCUT2D eigenvalue weighted by molar-refractivity contribution is 9.10. The number of aromatic nitrogens is 2. The molecule has 0 unspecified atom stereocenters. The molecule has 0 fully saturated rings. The highest BCUT2D eigenvalue weighted by Crippen LogP contribution is 2.19. The minimum absolute atomic E-state index is 0.0890. The van der Waals surface area contributed by atoms with Crippen LogP contribution in [0.15, 0.2) is 56.1 Å². The third-order valence-corrected chi connectivity index (χ3v) is 5.07. The first-order valence-corrected chi connectivity index (χ1v) is 10.5. The van der Waals surface area contributed by atoms with Crippen LogP contribution in [0.25, 0.3) is 11.4 Å². The molecule has 2 heterocycles. The maximum atomic E-state index is 12.7. The summed E-state index contributed by atoms with van der Waals surface area (Å²) in [5, 5.41) is 4.05. The Labute approximate surface area is 178 Å². The number of furan rings is 1. The van der Waals surface area contributed by atoms with Gasteiger partial charge in [0.25, 0.3) is 0 Å². The molecule has 0 aliphatic rings. The molecule has 0 radical (unpaired) electrons. The van der Waals surface area contributed by atoms with Crippen molar-refractivity contribution in [2.24, 2.45) is 5.73 Å². The van der Waals surface area contributed by atoms with E-state index in [-0.39, 0.29) is 5.91 Å². The lowest BCUT2D eigenvalue weighted by molar-refractivity contribution is -0.132. The van der Waals surface area contributed by atoms with Gasteiger partial charge in [-0.15, -0.1) is 0 Å².